The van der Waals surface area contributed by atoms with Crippen molar-refractivity contribution in [3.8, 4) is 5.75 Å². The summed E-state index contributed by atoms with van der Waals surface area (Å²) in [4.78, 5) is 0. The molecule has 0 radical (unpaired) electrons. The number of hydrogen-bond donors (Lipinski definition) is 2. The van der Waals surface area contributed by atoms with Crippen LogP contribution in [-0.2, 0) is 5.60 Å². The van der Waals surface area contributed by atoms with Crippen LogP contribution in [0.1, 0.15) is 12.0 Å². The van der Waals surface area contributed by atoms with Gasteiger partial charge in [0.2, 0.25) is 0 Å². The predicted octanol–water partition coefficient (Wildman–Crippen LogP) is 0.876. The van der Waals surface area contributed by atoms with E-state index in [-0.39, 0.29) is 0 Å². The number of methoxy groups -OCH3 is 1. The van der Waals surface area contributed by atoms with Gasteiger partial charge in [0.1, 0.15) is 11.4 Å². The monoisotopic (exact) mass is 193 g/mol. The van der Waals surface area contributed by atoms with Crippen molar-refractivity contribution in [2.24, 2.45) is 0 Å². The Balaban J connectivity index is 2.23. The van der Waals surface area contributed by atoms with Gasteiger partial charge in [-0.3, -0.25) is 0 Å². The summed E-state index contributed by atoms with van der Waals surface area (Å²) in [5, 5.41) is 13.4. The Morgan fingerprint density at radius 1 is 1.36 bits per heavy atom. The van der Waals surface area contributed by atoms with Gasteiger partial charge in [-0.1, -0.05) is 12.1 Å². The average Bonchev–Trinajstić information content (AvgIpc) is 2.67. The Morgan fingerprint density at radius 3 is 2.57 bits per heavy atom. The molecule has 1 aromatic carbocycles. The molecule has 1 saturated heterocycles. The normalized spacial score (nSPS) is 26.4. The van der Waals surface area contributed by atoms with Crippen LogP contribution in [-0.4, -0.2) is 25.3 Å². The van der Waals surface area contributed by atoms with Gasteiger partial charge in [-0.05, 0) is 30.7 Å². The van der Waals surface area contributed by atoms with E-state index in [0.29, 0.717) is 6.54 Å². The lowest BCUT2D eigenvalue weighted by Crippen LogP contribution is -2.28. The van der Waals surface area contributed by atoms with E-state index >= 15 is 0 Å². The van der Waals surface area contributed by atoms with Crippen molar-refractivity contribution in [3.05, 3.63) is 29.8 Å². The van der Waals surface area contributed by atoms with Crippen molar-refractivity contribution in [1.82, 2.24) is 5.32 Å². The molecule has 0 bridgehead atoms. The minimum atomic E-state index is -0.688. The first-order valence-corrected chi connectivity index (χ1v) is 4.82. The first-order valence-electron chi connectivity index (χ1n) is 4.82. The van der Waals surface area contributed by atoms with Crippen LogP contribution in [0.3, 0.4) is 0 Å². The lowest BCUT2D eigenvalue weighted by Gasteiger charge is -2.21. The standard InChI is InChI=1S/C11H15NO2/c1-14-10-4-2-9(3-5-10)11(13)6-7-12-8-11/h2-5,12-13H,6-8H2,1H3/t11-/m0/s1. The largest absolute Gasteiger partial charge is 0.497 e. The van der Waals surface area contributed by atoms with Gasteiger partial charge in [-0.2, -0.15) is 0 Å². The van der Waals surface area contributed by atoms with E-state index in [1.807, 2.05) is 24.3 Å². The van der Waals surface area contributed by atoms with Crippen molar-refractivity contribution in [2.45, 2.75) is 12.0 Å². The molecule has 14 heavy (non-hydrogen) atoms. The minimum Gasteiger partial charge on any atom is -0.497 e. The average molecular weight is 193 g/mol. The van der Waals surface area contributed by atoms with Crippen LogP contribution in [0.25, 0.3) is 0 Å². The quantitative estimate of drug-likeness (QED) is 0.732. The minimum absolute atomic E-state index is 0.638. The second-order valence-corrected chi connectivity index (χ2v) is 3.69. The van der Waals surface area contributed by atoms with Gasteiger partial charge in [0.25, 0.3) is 0 Å². The number of β-amino-alcohol motifs (C(OH)–C–C–N with tert-alkyl or cyclic N) is 1. The molecule has 3 nitrogen and oxygen atoms in total. The molecule has 0 aliphatic carbocycles. The second kappa shape index (κ2) is 3.59. The second-order valence-electron chi connectivity index (χ2n) is 3.69. The van der Waals surface area contributed by atoms with Crippen molar-refractivity contribution in [1.29, 1.82) is 0 Å². The van der Waals surface area contributed by atoms with Crippen LogP contribution in [0, 0.1) is 0 Å². The molecule has 3 heteroatoms. The van der Waals surface area contributed by atoms with Crippen molar-refractivity contribution < 1.29 is 9.84 Å². The van der Waals surface area contributed by atoms with Crippen molar-refractivity contribution >= 4 is 0 Å². The molecule has 76 valence electrons. The molecule has 1 atom stereocenters. The van der Waals surface area contributed by atoms with E-state index in [0.717, 1.165) is 24.3 Å². The van der Waals surface area contributed by atoms with Gasteiger partial charge in [-0.15, -0.1) is 0 Å². The third-order valence-electron chi connectivity index (χ3n) is 2.76. The summed E-state index contributed by atoms with van der Waals surface area (Å²) in [6.45, 7) is 1.52. The molecule has 0 aromatic heterocycles. The maximum absolute atomic E-state index is 10.2. The Bertz CT molecular complexity index is 302. The molecule has 1 fully saturated rings. The van der Waals surface area contributed by atoms with E-state index in [1.54, 1.807) is 7.11 Å². The molecule has 1 aliphatic rings. The summed E-state index contributed by atoms with van der Waals surface area (Å²) >= 11 is 0. The lowest BCUT2D eigenvalue weighted by atomic mass is 9.93. The fraction of sp³-hybridized carbons (Fsp3) is 0.455. The summed E-state index contributed by atoms with van der Waals surface area (Å²) in [5.74, 6) is 0.823. The highest BCUT2D eigenvalue weighted by Gasteiger charge is 2.32. The first kappa shape index (κ1) is 9.49. The summed E-state index contributed by atoms with van der Waals surface area (Å²) in [7, 11) is 1.64. The molecule has 1 heterocycles. The third kappa shape index (κ3) is 1.61. The highest BCUT2D eigenvalue weighted by Crippen LogP contribution is 2.28. The predicted molar refractivity (Wildman–Crippen MR) is 54.4 cm³/mol. The molecule has 0 saturated carbocycles. The zero-order valence-electron chi connectivity index (χ0n) is 8.29. The zero-order valence-corrected chi connectivity index (χ0v) is 8.29. The third-order valence-corrected chi connectivity index (χ3v) is 2.76. The number of rotatable bonds is 2. The summed E-state index contributed by atoms with van der Waals surface area (Å²) in [5.41, 5.74) is 0.273. The smallest absolute Gasteiger partial charge is 0.118 e. The summed E-state index contributed by atoms with van der Waals surface area (Å²) < 4.78 is 5.07. The highest BCUT2D eigenvalue weighted by atomic mass is 16.5. The lowest BCUT2D eigenvalue weighted by molar-refractivity contribution is 0.0587. The van der Waals surface area contributed by atoms with Gasteiger partial charge < -0.3 is 15.2 Å². The summed E-state index contributed by atoms with van der Waals surface area (Å²) in [6, 6.07) is 7.61. The number of aliphatic hydroxyl groups is 1. The molecule has 0 amide bonds. The molecular weight excluding hydrogens is 178 g/mol. The molecule has 1 aliphatic heterocycles. The van der Waals surface area contributed by atoms with Gasteiger partial charge in [0, 0.05) is 6.54 Å². The molecular formula is C11H15NO2. The first-order chi connectivity index (χ1) is 6.74. The number of ether oxygens (including phenoxy) is 1. The SMILES string of the molecule is COc1ccc([C@]2(O)CCNC2)cc1. The van der Waals surface area contributed by atoms with Crippen LogP contribution in [0.2, 0.25) is 0 Å². The fourth-order valence-electron chi connectivity index (χ4n) is 1.83. The maximum atomic E-state index is 10.2. The van der Waals surface area contributed by atoms with E-state index in [9.17, 15) is 5.11 Å². The van der Waals surface area contributed by atoms with Crippen LogP contribution < -0.4 is 10.1 Å². The van der Waals surface area contributed by atoms with Crippen molar-refractivity contribution in [3.63, 3.8) is 0 Å². The van der Waals surface area contributed by atoms with Gasteiger partial charge in [0.15, 0.2) is 0 Å². The molecule has 2 N–H and O–H groups in total. The number of nitrogens with one attached hydrogen (secondary N) is 1. The Hall–Kier alpha value is -1.06. The van der Waals surface area contributed by atoms with Gasteiger partial charge in [-0.25, -0.2) is 0 Å². The van der Waals surface area contributed by atoms with Gasteiger partial charge >= 0.3 is 0 Å². The highest BCUT2D eigenvalue weighted by molar-refractivity contribution is 5.31. The number of hydrogen-bond acceptors (Lipinski definition) is 3. The Kier molecular flexibility index (Phi) is 2.44. The zero-order chi connectivity index (χ0) is 10.0. The molecule has 0 spiro atoms. The van der Waals surface area contributed by atoms with E-state index in [4.69, 9.17) is 4.74 Å². The summed E-state index contributed by atoms with van der Waals surface area (Å²) in [6.07, 6.45) is 0.777. The maximum Gasteiger partial charge on any atom is 0.118 e. The van der Waals surface area contributed by atoms with E-state index in [1.165, 1.54) is 0 Å². The fourth-order valence-corrected chi connectivity index (χ4v) is 1.83. The van der Waals surface area contributed by atoms with Crippen LogP contribution in [0.15, 0.2) is 24.3 Å². The molecule has 0 unspecified atom stereocenters. The molecule has 2 rings (SSSR count). The van der Waals surface area contributed by atoms with Crippen LogP contribution in [0.4, 0.5) is 0 Å². The van der Waals surface area contributed by atoms with Crippen LogP contribution in [0.5, 0.6) is 5.75 Å². The Morgan fingerprint density at radius 2 is 2.07 bits per heavy atom. The van der Waals surface area contributed by atoms with Crippen molar-refractivity contribution in [2.75, 3.05) is 20.2 Å². The van der Waals surface area contributed by atoms with E-state index < -0.39 is 5.60 Å². The number of benzene rings is 1. The topological polar surface area (TPSA) is 41.5 Å². The van der Waals surface area contributed by atoms with E-state index in [2.05, 4.69) is 5.32 Å². The van der Waals surface area contributed by atoms with Crippen LogP contribution >= 0.6 is 0 Å². The molecule has 1 aromatic rings. The Labute approximate surface area is 83.7 Å². The van der Waals surface area contributed by atoms with Gasteiger partial charge in [0.05, 0.1) is 7.11 Å².